The van der Waals surface area contributed by atoms with Gasteiger partial charge in [0.25, 0.3) is 0 Å². The molecule has 0 aromatic heterocycles. The highest BCUT2D eigenvalue weighted by Gasteiger charge is 2.31. The molecule has 3 rings (SSSR count). The fraction of sp³-hybridized carbons (Fsp3) is 0.652. The zero-order chi connectivity index (χ0) is 23.3. The molecule has 0 spiro atoms. The van der Waals surface area contributed by atoms with Gasteiger partial charge in [-0.25, -0.2) is 9.18 Å². The average Bonchev–Trinajstić information content (AvgIpc) is 3.18. The van der Waals surface area contributed by atoms with Gasteiger partial charge in [-0.05, 0) is 57.9 Å². The highest BCUT2D eigenvalue weighted by atomic mass is 19.1. The van der Waals surface area contributed by atoms with E-state index < -0.39 is 0 Å². The topological polar surface area (TPSA) is 77.2 Å². The molecule has 0 unspecified atom stereocenters. The second kappa shape index (κ2) is 11.0. The van der Waals surface area contributed by atoms with E-state index in [0.717, 1.165) is 32.4 Å². The van der Waals surface area contributed by atoms with Gasteiger partial charge >= 0.3 is 6.03 Å². The van der Waals surface area contributed by atoms with Crippen LogP contribution in [0.25, 0.3) is 0 Å². The molecular weight excluding hydrogens is 413 g/mol. The number of hydrogen-bond donors (Lipinski definition) is 2. The SMILES string of the molecule is C[C@@H]1CN(c2ccc(NC(=O)NCCCN3CCC[C@@H]3C(=O)N(C)C)cc2F)C[C@H](C)O1. The predicted molar refractivity (Wildman–Crippen MR) is 124 cm³/mol. The largest absolute Gasteiger partial charge is 0.372 e. The Labute approximate surface area is 190 Å². The number of likely N-dealkylation sites (N-methyl/N-ethyl adjacent to an activating group) is 1. The maximum absolute atomic E-state index is 14.7. The number of carbonyl (C=O) groups is 2. The van der Waals surface area contributed by atoms with Crippen LogP contribution in [-0.2, 0) is 9.53 Å². The van der Waals surface area contributed by atoms with E-state index in [9.17, 15) is 14.0 Å². The van der Waals surface area contributed by atoms with Crippen molar-refractivity contribution in [2.75, 3.05) is 57.0 Å². The fourth-order valence-electron chi connectivity index (χ4n) is 4.55. The molecule has 0 aliphatic carbocycles. The molecule has 2 heterocycles. The summed E-state index contributed by atoms with van der Waals surface area (Å²) in [5.41, 5.74) is 0.930. The summed E-state index contributed by atoms with van der Waals surface area (Å²) in [5.74, 6) is -0.227. The second-order valence-corrected chi connectivity index (χ2v) is 8.99. The van der Waals surface area contributed by atoms with E-state index in [1.807, 2.05) is 18.7 Å². The van der Waals surface area contributed by atoms with Crippen molar-refractivity contribution in [2.45, 2.75) is 51.4 Å². The van der Waals surface area contributed by atoms with Gasteiger partial charge in [0.1, 0.15) is 5.82 Å². The Morgan fingerprint density at radius 1 is 1.22 bits per heavy atom. The fourth-order valence-corrected chi connectivity index (χ4v) is 4.55. The molecule has 1 aromatic carbocycles. The number of nitrogens with zero attached hydrogens (tertiary/aromatic N) is 3. The van der Waals surface area contributed by atoms with Crippen molar-refractivity contribution in [3.63, 3.8) is 0 Å². The third-order valence-corrected chi connectivity index (χ3v) is 5.96. The Hall–Kier alpha value is -2.39. The first-order valence-electron chi connectivity index (χ1n) is 11.4. The first-order chi connectivity index (χ1) is 15.2. The number of likely N-dealkylation sites (tertiary alicyclic amines) is 1. The lowest BCUT2D eigenvalue weighted by Crippen LogP contribution is -2.45. The number of amides is 3. The van der Waals surface area contributed by atoms with Crippen LogP contribution in [0.3, 0.4) is 0 Å². The third-order valence-electron chi connectivity index (χ3n) is 5.96. The zero-order valence-electron chi connectivity index (χ0n) is 19.6. The average molecular weight is 450 g/mol. The Balaban J connectivity index is 1.43. The van der Waals surface area contributed by atoms with E-state index >= 15 is 0 Å². The number of rotatable bonds is 7. The monoisotopic (exact) mass is 449 g/mol. The summed E-state index contributed by atoms with van der Waals surface area (Å²) in [6.45, 7) is 7.36. The Morgan fingerprint density at radius 2 is 1.94 bits per heavy atom. The van der Waals surface area contributed by atoms with E-state index in [0.29, 0.717) is 31.0 Å². The molecule has 3 amide bonds. The highest BCUT2D eigenvalue weighted by Crippen LogP contribution is 2.26. The quantitative estimate of drug-likeness (QED) is 0.626. The van der Waals surface area contributed by atoms with Crippen molar-refractivity contribution >= 4 is 23.3 Å². The predicted octanol–water partition coefficient (Wildman–Crippen LogP) is 2.50. The number of benzene rings is 1. The van der Waals surface area contributed by atoms with Crippen LogP contribution in [0.5, 0.6) is 0 Å². The smallest absolute Gasteiger partial charge is 0.319 e. The zero-order valence-corrected chi connectivity index (χ0v) is 19.6. The normalized spacial score (nSPS) is 23.8. The summed E-state index contributed by atoms with van der Waals surface area (Å²) in [6, 6.07) is 4.34. The standard InChI is InChI=1S/C23H36FN5O3/c1-16-14-29(15-17(2)32-16)20-9-8-18(13-19(20)24)26-23(31)25-10-6-12-28-11-5-7-21(28)22(30)27(3)4/h8-9,13,16-17,21H,5-7,10-12,14-15H2,1-4H3,(H2,25,26,31)/t16-,17+,21-/m1/s1. The summed E-state index contributed by atoms with van der Waals surface area (Å²) in [7, 11) is 3.56. The van der Waals surface area contributed by atoms with E-state index in [2.05, 4.69) is 15.5 Å². The maximum atomic E-state index is 14.7. The lowest BCUT2D eigenvalue weighted by atomic mass is 10.2. The summed E-state index contributed by atoms with van der Waals surface area (Å²) in [6.07, 6.45) is 2.72. The minimum atomic E-state index is -0.367. The third kappa shape index (κ3) is 6.32. The number of ether oxygens (including phenoxy) is 1. The second-order valence-electron chi connectivity index (χ2n) is 8.99. The van der Waals surface area contributed by atoms with Crippen molar-refractivity contribution < 1.29 is 18.7 Å². The van der Waals surface area contributed by atoms with Crippen LogP contribution in [0, 0.1) is 5.82 Å². The van der Waals surface area contributed by atoms with Gasteiger partial charge in [-0.15, -0.1) is 0 Å². The Bertz CT molecular complexity index is 796. The van der Waals surface area contributed by atoms with Crippen LogP contribution in [0.2, 0.25) is 0 Å². The molecule has 0 saturated carbocycles. The molecule has 8 nitrogen and oxygen atoms in total. The minimum absolute atomic E-state index is 0.0403. The van der Waals surface area contributed by atoms with Crippen LogP contribution in [0.1, 0.15) is 33.1 Å². The van der Waals surface area contributed by atoms with E-state index in [-0.39, 0.29) is 36.0 Å². The molecule has 178 valence electrons. The summed E-state index contributed by atoms with van der Waals surface area (Å²) in [5, 5.41) is 5.50. The molecule has 1 aromatic rings. The maximum Gasteiger partial charge on any atom is 0.319 e. The number of nitrogens with one attached hydrogen (secondary N) is 2. The molecule has 2 fully saturated rings. The van der Waals surface area contributed by atoms with Gasteiger partial charge in [0, 0.05) is 46.0 Å². The number of halogens is 1. The van der Waals surface area contributed by atoms with Gasteiger partial charge in [-0.2, -0.15) is 0 Å². The minimum Gasteiger partial charge on any atom is -0.372 e. The van der Waals surface area contributed by atoms with Crippen molar-refractivity contribution in [3.05, 3.63) is 24.0 Å². The molecular formula is C23H36FN5O3. The lowest BCUT2D eigenvalue weighted by molar-refractivity contribution is -0.133. The lowest BCUT2D eigenvalue weighted by Gasteiger charge is -2.37. The van der Waals surface area contributed by atoms with Gasteiger partial charge < -0.3 is 25.2 Å². The first kappa shape index (κ1) is 24.3. The number of urea groups is 1. The van der Waals surface area contributed by atoms with Crippen LogP contribution in [0.15, 0.2) is 18.2 Å². The van der Waals surface area contributed by atoms with Crippen LogP contribution in [0.4, 0.5) is 20.6 Å². The van der Waals surface area contributed by atoms with Gasteiger partial charge in [0.2, 0.25) is 5.91 Å². The van der Waals surface area contributed by atoms with Crippen molar-refractivity contribution in [1.82, 2.24) is 15.1 Å². The van der Waals surface area contributed by atoms with Crippen molar-refractivity contribution in [1.29, 1.82) is 0 Å². The molecule has 9 heteroatoms. The van der Waals surface area contributed by atoms with Gasteiger partial charge in [-0.1, -0.05) is 0 Å². The van der Waals surface area contributed by atoms with Crippen molar-refractivity contribution in [3.8, 4) is 0 Å². The number of hydrogen-bond acceptors (Lipinski definition) is 5. The van der Waals surface area contributed by atoms with E-state index in [1.165, 1.54) is 6.07 Å². The van der Waals surface area contributed by atoms with E-state index in [4.69, 9.17) is 4.74 Å². The summed E-state index contributed by atoms with van der Waals surface area (Å²) < 4.78 is 20.4. The molecule has 2 saturated heterocycles. The molecule has 2 N–H and O–H groups in total. The van der Waals surface area contributed by atoms with Crippen LogP contribution >= 0.6 is 0 Å². The Kier molecular flexibility index (Phi) is 8.31. The number of carbonyl (C=O) groups excluding carboxylic acids is 2. The van der Waals surface area contributed by atoms with Gasteiger partial charge in [0.05, 0.1) is 23.9 Å². The van der Waals surface area contributed by atoms with E-state index in [1.54, 1.807) is 31.1 Å². The van der Waals surface area contributed by atoms with Gasteiger partial charge in [0.15, 0.2) is 0 Å². The molecule has 2 aliphatic heterocycles. The molecule has 0 radical (unpaired) electrons. The van der Waals surface area contributed by atoms with Crippen LogP contribution in [-0.4, -0.2) is 86.8 Å². The first-order valence-corrected chi connectivity index (χ1v) is 11.4. The molecule has 0 bridgehead atoms. The molecule has 2 aliphatic rings. The molecule has 32 heavy (non-hydrogen) atoms. The highest BCUT2D eigenvalue weighted by molar-refractivity contribution is 5.89. The molecule has 3 atom stereocenters. The number of anilines is 2. The van der Waals surface area contributed by atoms with Gasteiger partial charge in [-0.3, -0.25) is 9.69 Å². The summed E-state index contributed by atoms with van der Waals surface area (Å²) >= 11 is 0. The van der Waals surface area contributed by atoms with Crippen LogP contribution < -0.4 is 15.5 Å². The number of morpholine rings is 1. The Morgan fingerprint density at radius 3 is 2.59 bits per heavy atom. The summed E-state index contributed by atoms with van der Waals surface area (Å²) in [4.78, 5) is 30.3. The van der Waals surface area contributed by atoms with Crippen molar-refractivity contribution in [2.24, 2.45) is 0 Å².